The number of hydrogen-bond acceptors (Lipinski definition) is 3. The quantitative estimate of drug-likeness (QED) is 0.358. The van der Waals surface area contributed by atoms with E-state index < -0.39 is 11.9 Å². The number of rotatable bonds is 3. The fraction of sp³-hybridized carbons (Fsp3) is 0.600. The van der Waals surface area contributed by atoms with Crippen molar-refractivity contribution >= 4 is 11.9 Å². The number of urea groups is 1. The van der Waals surface area contributed by atoms with Crippen molar-refractivity contribution in [3.8, 4) is 0 Å². The summed E-state index contributed by atoms with van der Waals surface area (Å²) in [6, 6.07) is -0.569. The van der Waals surface area contributed by atoms with Crippen LogP contribution in [0.25, 0.3) is 10.4 Å². The fourth-order valence-electron chi connectivity index (χ4n) is 0.448. The summed E-state index contributed by atoms with van der Waals surface area (Å²) in [5, 5.41) is 7.36. The van der Waals surface area contributed by atoms with Crippen molar-refractivity contribution in [2.24, 2.45) is 5.11 Å². The highest BCUT2D eigenvalue weighted by Gasteiger charge is 2.03. The highest BCUT2D eigenvalue weighted by molar-refractivity contribution is 5.94. The molecule has 7 heteroatoms. The number of imide groups is 1. The molecule has 0 aliphatic heterocycles. The summed E-state index contributed by atoms with van der Waals surface area (Å²) in [5.74, 6) is -0.471. The molecule has 0 aliphatic rings. The zero-order valence-corrected chi connectivity index (χ0v) is 6.57. The van der Waals surface area contributed by atoms with Crippen LogP contribution in [0.1, 0.15) is 6.42 Å². The van der Waals surface area contributed by atoms with E-state index in [0.29, 0.717) is 0 Å². The van der Waals surface area contributed by atoms with Crippen molar-refractivity contribution in [3.05, 3.63) is 10.4 Å². The maximum absolute atomic E-state index is 10.7. The first-order valence-corrected chi connectivity index (χ1v) is 3.23. The van der Waals surface area contributed by atoms with E-state index >= 15 is 0 Å². The van der Waals surface area contributed by atoms with Gasteiger partial charge in [-0.15, -0.1) is 0 Å². The van der Waals surface area contributed by atoms with Gasteiger partial charge in [-0.25, -0.2) is 4.79 Å². The largest absolute Gasteiger partial charge is 0.341 e. The molecule has 7 nitrogen and oxygen atoms in total. The minimum atomic E-state index is -0.569. The van der Waals surface area contributed by atoms with Gasteiger partial charge in [0.05, 0.1) is 0 Å². The van der Waals surface area contributed by atoms with Crippen LogP contribution in [0.3, 0.4) is 0 Å². The molecule has 0 saturated heterocycles. The highest BCUT2D eigenvalue weighted by atomic mass is 16.2. The minimum absolute atomic E-state index is 0.0114. The average Bonchev–Trinajstić information content (AvgIpc) is 2.05. The zero-order valence-electron chi connectivity index (χ0n) is 6.57. The molecule has 2 N–H and O–H groups in total. The summed E-state index contributed by atoms with van der Waals surface area (Å²) in [7, 11) is 1.40. The van der Waals surface area contributed by atoms with Crippen LogP contribution in [0, 0.1) is 0 Å². The van der Waals surface area contributed by atoms with Crippen molar-refractivity contribution in [2.45, 2.75) is 6.42 Å². The predicted molar refractivity (Wildman–Crippen MR) is 41.2 cm³/mol. The second-order valence-corrected chi connectivity index (χ2v) is 1.83. The van der Waals surface area contributed by atoms with Gasteiger partial charge in [0.25, 0.3) is 0 Å². The monoisotopic (exact) mass is 171 g/mol. The molecule has 0 aliphatic carbocycles. The summed E-state index contributed by atoms with van der Waals surface area (Å²) in [4.78, 5) is 23.7. The van der Waals surface area contributed by atoms with Gasteiger partial charge in [0.1, 0.15) is 0 Å². The van der Waals surface area contributed by atoms with Crippen LogP contribution in [0.5, 0.6) is 0 Å². The molecule has 0 aromatic carbocycles. The summed E-state index contributed by atoms with van der Waals surface area (Å²) in [5.41, 5.74) is 7.85. The lowest BCUT2D eigenvalue weighted by Gasteiger charge is -1.99. The first kappa shape index (κ1) is 10.2. The number of nitrogens with zero attached hydrogens (tertiary/aromatic N) is 3. The van der Waals surface area contributed by atoms with Crippen LogP contribution in [-0.2, 0) is 4.79 Å². The molecular weight excluding hydrogens is 162 g/mol. The SMILES string of the molecule is CNC(=O)NC(=O)CCN=[N+]=[N-]. The van der Waals surface area contributed by atoms with Crippen LogP contribution in [0.4, 0.5) is 4.79 Å². The molecule has 0 bridgehead atoms. The van der Waals surface area contributed by atoms with Crippen LogP contribution in [0.2, 0.25) is 0 Å². The zero-order chi connectivity index (χ0) is 9.40. The molecule has 0 unspecified atom stereocenters. The molecule has 0 spiro atoms. The van der Waals surface area contributed by atoms with Gasteiger partial charge in [0.2, 0.25) is 5.91 Å². The number of azide groups is 1. The van der Waals surface area contributed by atoms with Crippen LogP contribution in [-0.4, -0.2) is 25.5 Å². The molecule has 0 aromatic heterocycles. The van der Waals surface area contributed by atoms with Crippen LogP contribution >= 0.6 is 0 Å². The Kier molecular flexibility index (Phi) is 5.12. The number of carbonyl (C=O) groups excluding carboxylic acids is 2. The van der Waals surface area contributed by atoms with Gasteiger partial charge in [-0.2, -0.15) is 0 Å². The molecule has 0 rings (SSSR count). The summed E-state index contributed by atoms with van der Waals surface area (Å²) in [6.45, 7) is 0.0549. The third-order valence-electron chi connectivity index (χ3n) is 0.982. The van der Waals surface area contributed by atoms with E-state index in [1.165, 1.54) is 7.05 Å². The molecule has 3 amide bonds. The van der Waals surface area contributed by atoms with Gasteiger partial charge >= 0.3 is 6.03 Å². The molecule has 0 aromatic rings. The van der Waals surface area contributed by atoms with E-state index in [4.69, 9.17) is 5.53 Å². The lowest BCUT2D eigenvalue weighted by molar-refractivity contribution is -0.119. The van der Waals surface area contributed by atoms with Crippen LogP contribution < -0.4 is 10.6 Å². The molecule has 0 heterocycles. The van der Waals surface area contributed by atoms with Crippen molar-refractivity contribution in [1.82, 2.24) is 10.6 Å². The number of hydrogen-bond donors (Lipinski definition) is 2. The summed E-state index contributed by atoms with van der Waals surface area (Å²) in [6.07, 6.45) is 0.0114. The Morgan fingerprint density at radius 3 is 2.75 bits per heavy atom. The van der Waals surface area contributed by atoms with E-state index in [2.05, 4.69) is 15.3 Å². The maximum atomic E-state index is 10.7. The second-order valence-electron chi connectivity index (χ2n) is 1.83. The van der Waals surface area contributed by atoms with Crippen molar-refractivity contribution in [1.29, 1.82) is 0 Å². The predicted octanol–water partition coefficient (Wildman–Crippen LogP) is 0.142. The second kappa shape index (κ2) is 5.99. The summed E-state index contributed by atoms with van der Waals surface area (Å²) >= 11 is 0. The highest BCUT2D eigenvalue weighted by Crippen LogP contribution is 1.81. The average molecular weight is 171 g/mol. The Hall–Kier alpha value is -1.75. The minimum Gasteiger partial charge on any atom is -0.341 e. The van der Waals surface area contributed by atoms with E-state index in [-0.39, 0.29) is 13.0 Å². The lowest BCUT2D eigenvalue weighted by atomic mass is 10.4. The number of nitrogens with one attached hydrogen (secondary N) is 2. The Morgan fingerprint density at radius 1 is 1.58 bits per heavy atom. The van der Waals surface area contributed by atoms with Gasteiger partial charge in [0.15, 0.2) is 0 Å². The molecule has 66 valence electrons. The van der Waals surface area contributed by atoms with Gasteiger partial charge in [-0.05, 0) is 5.53 Å². The third kappa shape index (κ3) is 5.07. The maximum Gasteiger partial charge on any atom is 0.321 e. The number of amides is 3. The van der Waals surface area contributed by atoms with E-state index in [1.54, 1.807) is 0 Å². The standard InChI is InChI=1S/C5H9N5O2/c1-7-5(12)9-4(11)2-3-8-10-6/h2-3H2,1H3,(H2,7,9,11,12). The molecule has 0 fully saturated rings. The van der Waals surface area contributed by atoms with Crippen molar-refractivity contribution in [2.75, 3.05) is 13.6 Å². The van der Waals surface area contributed by atoms with Gasteiger partial charge in [-0.3, -0.25) is 10.1 Å². The lowest BCUT2D eigenvalue weighted by Crippen LogP contribution is -2.37. The van der Waals surface area contributed by atoms with E-state index in [9.17, 15) is 9.59 Å². The molecule has 12 heavy (non-hydrogen) atoms. The fourth-order valence-corrected chi connectivity index (χ4v) is 0.448. The van der Waals surface area contributed by atoms with Crippen LogP contribution in [0.15, 0.2) is 5.11 Å². The Balaban J connectivity index is 3.59. The summed E-state index contributed by atoms with van der Waals surface area (Å²) < 4.78 is 0. The Morgan fingerprint density at radius 2 is 2.25 bits per heavy atom. The Labute approximate surface area is 68.8 Å². The molecule has 0 radical (unpaired) electrons. The van der Waals surface area contributed by atoms with Gasteiger partial charge < -0.3 is 5.32 Å². The number of carbonyl (C=O) groups is 2. The van der Waals surface area contributed by atoms with Crippen molar-refractivity contribution in [3.63, 3.8) is 0 Å². The van der Waals surface area contributed by atoms with Gasteiger partial charge in [0, 0.05) is 24.9 Å². The molecular formula is C5H9N5O2. The van der Waals surface area contributed by atoms with E-state index in [0.717, 1.165) is 0 Å². The Bertz CT molecular complexity index is 220. The van der Waals surface area contributed by atoms with Gasteiger partial charge in [-0.1, -0.05) is 5.11 Å². The van der Waals surface area contributed by atoms with E-state index in [1.807, 2.05) is 5.32 Å². The first-order chi connectivity index (χ1) is 5.70. The normalized spacial score (nSPS) is 8.08. The topological polar surface area (TPSA) is 107 Å². The molecule has 0 saturated carbocycles. The molecule has 0 atom stereocenters. The third-order valence-corrected chi connectivity index (χ3v) is 0.982. The first-order valence-electron chi connectivity index (χ1n) is 3.23. The van der Waals surface area contributed by atoms with Crippen molar-refractivity contribution < 1.29 is 9.59 Å². The smallest absolute Gasteiger partial charge is 0.321 e.